The van der Waals surface area contributed by atoms with E-state index in [4.69, 9.17) is 5.11 Å². The number of amides is 2. The van der Waals surface area contributed by atoms with Gasteiger partial charge >= 0.3 is 5.97 Å². The molecule has 0 heterocycles. The molecule has 1 aromatic carbocycles. The number of carboxylic acids is 1. The van der Waals surface area contributed by atoms with Crippen LogP contribution < -0.4 is 10.6 Å². The molecule has 0 aliphatic rings. The number of carbonyl (C=O) groups is 3. The molecule has 1 aromatic rings. The van der Waals surface area contributed by atoms with Crippen LogP contribution in [0.25, 0.3) is 0 Å². The Morgan fingerprint density at radius 3 is 2.18 bits per heavy atom. The fraction of sp³-hybridized carbons (Fsp3) is 0.438. The first kappa shape index (κ1) is 17.7. The average molecular weight is 306 g/mol. The first-order valence-electron chi connectivity index (χ1n) is 7.37. The van der Waals surface area contributed by atoms with Gasteiger partial charge in [-0.15, -0.1) is 0 Å². The number of unbranched alkanes of at least 4 members (excludes halogenated alkanes) is 1. The summed E-state index contributed by atoms with van der Waals surface area (Å²) in [4.78, 5) is 33.4. The van der Waals surface area contributed by atoms with E-state index in [1.54, 1.807) is 0 Å². The van der Waals surface area contributed by atoms with Crippen molar-refractivity contribution in [3.8, 4) is 0 Å². The molecule has 0 unspecified atom stereocenters. The van der Waals surface area contributed by atoms with Gasteiger partial charge in [0.05, 0.1) is 0 Å². The SMILES string of the molecule is O=C(O)CCCCC(=O)NCCC(=O)NCc1ccccc1. The quantitative estimate of drug-likeness (QED) is 0.570. The van der Waals surface area contributed by atoms with Crippen LogP contribution >= 0.6 is 0 Å². The van der Waals surface area contributed by atoms with Crippen LogP contribution in [-0.2, 0) is 20.9 Å². The summed E-state index contributed by atoms with van der Waals surface area (Å²) in [5.41, 5.74) is 1.03. The van der Waals surface area contributed by atoms with E-state index in [9.17, 15) is 14.4 Å². The van der Waals surface area contributed by atoms with E-state index >= 15 is 0 Å². The molecule has 0 saturated heterocycles. The zero-order chi connectivity index (χ0) is 16.2. The maximum absolute atomic E-state index is 11.6. The number of hydrogen-bond donors (Lipinski definition) is 3. The number of benzene rings is 1. The second-order valence-electron chi connectivity index (χ2n) is 4.96. The highest BCUT2D eigenvalue weighted by atomic mass is 16.4. The van der Waals surface area contributed by atoms with E-state index in [0.717, 1.165) is 5.56 Å². The molecule has 0 saturated carbocycles. The Kier molecular flexibility index (Phi) is 8.33. The summed E-state index contributed by atoms with van der Waals surface area (Å²) >= 11 is 0. The number of rotatable bonds is 10. The molecule has 0 aliphatic carbocycles. The van der Waals surface area contributed by atoms with Gasteiger partial charge in [0.15, 0.2) is 0 Å². The van der Waals surface area contributed by atoms with Gasteiger partial charge < -0.3 is 15.7 Å². The third kappa shape index (κ3) is 8.73. The topological polar surface area (TPSA) is 95.5 Å². The minimum atomic E-state index is -0.851. The summed E-state index contributed by atoms with van der Waals surface area (Å²) in [5, 5.41) is 13.9. The van der Waals surface area contributed by atoms with Gasteiger partial charge in [0, 0.05) is 32.4 Å². The monoisotopic (exact) mass is 306 g/mol. The standard InChI is InChI=1S/C16H22N2O4/c19-14(8-4-5-9-16(21)22)17-11-10-15(20)18-12-13-6-2-1-3-7-13/h1-3,6-7H,4-5,8-12H2,(H,17,19)(H,18,20)(H,21,22). The Morgan fingerprint density at radius 2 is 1.50 bits per heavy atom. The largest absolute Gasteiger partial charge is 0.481 e. The Balaban J connectivity index is 2.04. The smallest absolute Gasteiger partial charge is 0.303 e. The van der Waals surface area contributed by atoms with E-state index in [2.05, 4.69) is 10.6 Å². The highest BCUT2D eigenvalue weighted by Gasteiger charge is 2.05. The van der Waals surface area contributed by atoms with Gasteiger partial charge in [-0.2, -0.15) is 0 Å². The van der Waals surface area contributed by atoms with Gasteiger partial charge in [-0.05, 0) is 18.4 Å². The second-order valence-corrected chi connectivity index (χ2v) is 4.96. The van der Waals surface area contributed by atoms with Gasteiger partial charge in [0.2, 0.25) is 11.8 Å². The number of hydrogen-bond acceptors (Lipinski definition) is 3. The first-order chi connectivity index (χ1) is 10.6. The van der Waals surface area contributed by atoms with Crippen LogP contribution in [0.2, 0.25) is 0 Å². The van der Waals surface area contributed by atoms with Gasteiger partial charge in [-0.3, -0.25) is 14.4 Å². The molecule has 6 heteroatoms. The molecule has 0 aliphatic heterocycles. The van der Waals surface area contributed by atoms with Gasteiger partial charge in [-0.1, -0.05) is 30.3 Å². The first-order valence-corrected chi connectivity index (χ1v) is 7.37. The predicted molar refractivity (Wildman–Crippen MR) is 82.0 cm³/mol. The summed E-state index contributed by atoms with van der Waals surface area (Å²) in [6.45, 7) is 0.765. The van der Waals surface area contributed by atoms with Gasteiger partial charge in [0.1, 0.15) is 0 Å². The molecule has 3 N–H and O–H groups in total. The van der Waals surface area contributed by atoms with Crippen molar-refractivity contribution in [2.45, 2.75) is 38.6 Å². The Hall–Kier alpha value is -2.37. The van der Waals surface area contributed by atoms with Crippen LogP contribution in [0.4, 0.5) is 0 Å². The molecule has 6 nitrogen and oxygen atoms in total. The molecule has 0 radical (unpaired) electrons. The lowest BCUT2D eigenvalue weighted by molar-refractivity contribution is -0.137. The summed E-state index contributed by atoms with van der Waals surface area (Å²) < 4.78 is 0. The fourth-order valence-corrected chi connectivity index (χ4v) is 1.85. The normalized spacial score (nSPS) is 10.0. The van der Waals surface area contributed by atoms with Crippen molar-refractivity contribution in [1.82, 2.24) is 10.6 Å². The lowest BCUT2D eigenvalue weighted by Gasteiger charge is -2.07. The molecule has 0 bridgehead atoms. The lowest BCUT2D eigenvalue weighted by atomic mass is 10.2. The van der Waals surface area contributed by atoms with Crippen molar-refractivity contribution in [3.05, 3.63) is 35.9 Å². The maximum Gasteiger partial charge on any atom is 0.303 e. The molecule has 0 atom stereocenters. The molecule has 2 amide bonds. The van der Waals surface area contributed by atoms with Crippen LogP contribution in [0.1, 0.15) is 37.7 Å². The van der Waals surface area contributed by atoms with E-state index in [0.29, 0.717) is 32.4 Å². The zero-order valence-corrected chi connectivity index (χ0v) is 12.5. The highest BCUT2D eigenvalue weighted by molar-refractivity contribution is 5.78. The van der Waals surface area contributed by atoms with Crippen LogP contribution in [0, 0.1) is 0 Å². The minimum absolute atomic E-state index is 0.0785. The summed E-state index contributed by atoms with van der Waals surface area (Å²) in [6.07, 6.45) is 1.63. The Labute approximate surface area is 129 Å². The third-order valence-corrected chi connectivity index (χ3v) is 3.05. The van der Waals surface area contributed by atoms with Crippen molar-refractivity contribution in [2.24, 2.45) is 0 Å². The molecular weight excluding hydrogens is 284 g/mol. The van der Waals surface area contributed by atoms with Crippen molar-refractivity contribution in [1.29, 1.82) is 0 Å². The Bertz CT molecular complexity index is 488. The van der Waals surface area contributed by atoms with Crippen molar-refractivity contribution >= 4 is 17.8 Å². The minimum Gasteiger partial charge on any atom is -0.481 e. The lowest BCUT2D eigenvalue weighted by Crippen LogP contribution is -2.30. The van der Waals surface area contributed by atoms with Crippen LogP contribution in [0.15, 0.2) is 30.3 Å². The highest BCUT2D eigenvalue weighted by Crippen LogP contribution is 2.00. The maximum atomic E-state index is 11.6. The van der Waals surface area contributed by atoms with E-state index in [-0.39, 0.29) is 24.7 Å². The summed E-state index contributed by atoms with van der Waals surface area (Å²) in [6, 6.07) is 9.59. The molecule has 1 rings (SSSR count). The number of nitrogens with one attached hydrogen (secondary N) is 2. The molecule has 0 fully saturated rings. The van der Waals surface area contributed by atoms with E-state index in [1.807, 2.05) is 30.3 Å². The van der Waals surface area contributed by atoms with E-state index in [1.165, 1.54) is 0 Å². The number of carboxylic acid groups (broad SMARTS) is 1. The van der Waals surface area contributed by atoms with Crippen molar-refractivity contribution in [3.63, 3.8) is 0 Å². The number of aliphatic carboxylic acids is 1. The predicted octanol–water partition coefficient (Wildman–Crippen LogP) is 1.45. The van der Waals surface area contributed by atoms with Crippen LogP contribution in [0.5, 0.6) is 0 Å². The third-order valence-electron chi connectivity index (χ3n) is 3.05. The van der Waals surface area contributed by atoms with E-state index < -0.39 is 5.97 Å². The van der Waals surface area contributed by atoms with Gasteiger partial charge in [0.25, 0.3) is 0 Å². The molecule has 0 spiro atoms. The molecule has 120 valence electrons. The molecule has 0 aromatic heterocycles. The van der Waals surface area contributed by atoms with Crippen molar-refractivity contribution < 1.29 is 19.5 Å². The number of carbonyl (C=O) groups excluding carboxylic acids is 2. The zero-order valence-electron chi connectivity index (χ0n) is 12.5. The van der Waals surface area contributed by atoms with Gasteiger partial charge in [-0.25, -0.2) is 0 Å². The van der Waals surface area contributed by atoms with Crippen LogP contribution in [-0.4, -0.2) is 29.4 Å². The molecular formula is C16H22N2O4. The van der Waals surface area contributed by atoms with Crippen molar-refractivity contribution in [2.75, 3.05) is 6.54 Å². The summed E-state index contributed by atoms with van der Waals surface area (Å²) in [5.74, 6) is -1.12. The van der Waals surface area contributed by atoms with Crippen LogP contribution in [0.3, 0.4) is 0 Å². The second kappa shape index (κ2) is 10.4. The molecule has 22 heavy (non-hydrogen) atoms. The Morgan fingerprint density at radius 1 is 0.864 bits per heavy atom. The average Bonchev–Trinajstić information content (AvgIpc) is 2.50. The fourth-order valence-electron chi connectivity index (χ4n) is 1.85. The summed E-state index contributed by atoms with van der Waals surface area (Å²) in [7, 11) is 0.